The summed E-state index contributed by atoms with van der Waals surface area (Å²) in [6.45, 7) is 0.119. The van der Waals surface area contributed by atoms with Crippen LogP contribution in [-0.4, -0.2) is 51.4 Å². The molecule has 3 rings (SSSR count). The first kappa shape index (κ1) is 18.8. The molecule has 1 aromatic carbocycles. The van der Waals surface area contributed by atoms with E-state index in [0.29, 0.717) is 5.56 Å². The number of hydrogen-bond acceptors (Lipinski definition) is 5. The summed E-state index contributed by atoms with van der Waals surface area (Å²) < 4.78 is 13.5. The van der Waals surface area contributed by atoms with Gasteiger partial charge in [-0.3, -0.25) is 4.79 Å². The summed E-state index contributed by atoms with van der Waals surface area (Å²) in [5.41, 5.74) is -1.21. The van der Waals surface area contributed by atoms with Crippen LogP contribution < -0.4 is 4.90 Å². The van der Waals surface area contributed by atoms with Crippen LogP contribution in [0, 0.1) is 11.2 Å². The number of aliphatic hydroxyl groups is 1. The molecular weight excluding hydrogens is 355 g/mol. The number of piperidine rings is 1. The zero-order chi connectivity index (χ0) is 19.6. The van der Waals surface area contributed by atoms with Crippen LogP contribution in [0.15, 0.2) is 42.6 Å². The van der Waals surface area contributed by atoms with E-state index in [2.05, 4.69) is 4.98 Å². The first-order valence-electron chi connectivity index (χ1n) is 8.42. The predicted octanol–water partition coefficient (Wildman–Crippen LogP) is 1.80. The fraction of sp³-hybridized carbons (Fsp3) is 0.316. The molecule has 1 fully saturated rings. The summed E-state index contributed by atoms with van der Waals surface area (Å²) in [5, 5.41) is 29.8. The second-order valence-electron chi connectivity index (χ2n) is 6.67. The number of halogens is 1. The van der Waals surface area contributed by atoms with Crippen molar-refractivity contribution in [1.29, 1.82) is 0 Å². The number of nitrogens with zero attached hydrogens (tertiary/aromatic N) is 2. The fourth-order valence-corrected chi connectivity index (χ4v) is 3.55. The molecular formula is C19H19FN2O5. The minimum atomic E-state index is -1.61. The number of pyridine rings is 1. The lowest BCUT2D eigenvalue weighted by molar-refractivity contribution is -0.157. The van der Waals surface area contributed by atoms with Gasteiger partial charge in [0, 0.05) is 19.3 Å². The Labute approximate surface area is 154 Å². The lowest BCUT2D eigenvalue weighted by Gasteiger charge is -2.44. The van der Waals surface area contributed by atoms with E-state index >= 15 is 0 Å². The standard InChI is InChI=1S/C19H19FN2O5/c20-13-4-1-3-12(9-13)10-19(18(26)27)11-22(8-6-15(19)23)16-14(17(24)25)5-2-7-21-16/h1-5,7,9,15,23H,6,8,10-11H2,(H,24,25)(H,26,27)/t15-,19+/m0/s1. The zero-order valence-corrected chi connectivity index (χ0v) is 14.4. The molecule has 0 radical (unpaired) electrons. The van der Waals surface area contributed by atoms with Gasteiger partial charge in [-0.15, -0.1) is 0 Å². The number of benzene rings is 1. The largest absolute Gasteiger partial charge is 0.481 e. The van der Waals surface area contributed by atoms with Gasteiger partial charge in [-0.25, -0.2) is 14.2 Å². The number of carbonyl (C=O) groups is 2. The topological polar surface area (TPSA) is 111 Å². The first-order chi connectivity index (χ1) is 12.8. The molecule has 8 heteroatoms. The highest BCUT2D eigenvalue weighted by atomic mass is 19.1. The summed E-state index contributed by atoms with van der Waals surface area (Å²) >= 11 is 0. The Balaban J connectivity index is 1.99. The highest BCUT2D eigenvalue weighted by Crippen LogP contribution is 2.37. The van der Waals surface area contributed by atoms with Crippen LogP contribution in [0.1, 0.15) is 22.3 Å². The molecule has 1 saturated heterocycles. The molecule has 3 N–H and O–H groups in total. The molecule has 7 nitrogen and oxygen atoms in total. The molecule has 0 amide bonds. The van der Waals surface area contributed by atoms with Gasteiger partial charge in [0.2, 0.25) is 0 Å². The van der Waals surface area contributed by atoms with E-state index in [-0.39, 0.29) is 37.3 Å². The maximum atomic E-state index is 13.5. The van der Waals surface area contributed by atoms with Gasteiger partial charge in [-0.1, -0.05) is 12.1 Å². The Morgan fingerprint density at radius 3 is 2.70 bits per heavy atom. The third kappa shape index (κ3) is 3.61. The van der Waals surface area contributed by atoms with E-state index in [1.165, 1.54) is 36.5 Å². The summed E-state index contributed by atoms with van der Waals surface area (Å²) in [6.07, 6.45) is 0.304. The van der Waals surface area contributed by atoms with Gasteiger partial charge < -0.3 is 20.2 Å². The number of aliphatic hydroxyl groups excluding tert-OH is 1. The molecule has 0 spiro atoms. The van der Waals surface area contributed by atoms with Crippen molar-refractivity contribution in [3.05, 3.63) is 59.5 Å². The first-order valence-corrected chi connectivity index (χ1v) is 8.42. The summed E-state index contributed by atoms with van der Waals surface area (Å²) in [6, 6.07) is 8.46. The van der Waals surface area contributed by atoms with Crippen molar-refractivity contribution in [3.63, 3.8) is 0 Å². The SMILES string of the molecule is O=C(O)c1cccnc1N1CC[C@H](O)[C@](Cc2cccc(F)c2)(C(=O)O)C1. The number of rotatable bonds is 5. The van der Waals surface area contributed by atoms with Crippen molar-refractivity contribution in [2.45, 2.75) is 18.9 Å². The van der Waals surface area contributed by atoms with Crippen LogP contribution in [0.5, 0.6) is 0 Å². The van der Waals surface area contributed by atoms with Crippen molar-refractivity contribution in [2.75, 3.05) is 18.0 Å². The van der Waals surface area contributed by atoms with Crippen LogP contribution in [-0.2, 0) is 11.2 Å². The minimum Gasteiger partial charge on any atom is -0.481 e. The normalized spacial score (nSPS) is 22.4. The Hall–Kier alpha value is -3.00. The minimum absolute atomic E-state index is 0.0427. The van der Waals surface area contributed by atoms with E-state index in [4.69, 9.17) is 0 Å². The van der Waals surface area contributed by atoms with Crippen LogP contribution in [0.2, 0.25) is 0 Å². The van der Waals surface area contributed by atoms with Crippen LogP contribution in [0.4, 0.5) is 10.2 Å². The molecule has 0 bridgehead atoms. The quantitative estimate of drug-likeness (QED) is 0.732. The summed E-state index contributed by atoms with van der Waals surface area (Å²) in [7, 11) is 0. The highest BCUT2D eigenvalue weighted by Gasteiger charge is 2.50. The Kier molecular flexibility index (Phi) is 5.09. The smallest absolute Gasteiger partial charge is 0.339 e. The average Bonchev–Trinajstić information content (AvgIpc) is 2.63. The number of aliphatic carboxylic acids is 1. The number of carboxylic acids is 2. The van der Waals surface area contributed by atoms with Crippen molar-refractivity contribution in [2.24, 2.45) is 5.41 Å². The van der Waals surface area contributed by atoms with E-state index in [0.717, 1.165) is 0 Å². The monoisotopic (exact) mass is 374 g/mol. The number of hydrogen-bond donors (Lipinski definition) is 3. The van der Waals surface area contributed by atoms with Gasteiger partial charge in [0.05, 0.1) is 6.10 Å². The van der Waals surface area contributed by atoms with Crippen molar-refractivity contribution in [1.82, 2.24) is 4.98 Å². The van der Waals surface area contributed by atoms with Gasteiger partial charge in [0.1, 0.15) is 22.6 Å². The molecule has 1 aromatic heterocycles. The molecule has 0 aliphatic carbocycles. The summed E-state index contributed by atoms with van der Waals surface area (Å²) in [4.78, 5) is 29.3. The van der Waals surface area contributed by atoms with Crippen LogP contribution in [0.25, 0.3) is 0 Å². The van der Waals surface area contributed by atoms with E-state index < -0.39 is 29.3 Å². The lowest BCUT2D eigenvalue weighted by atomic mass is 9.72. The van der Waals surface area contributed by atoms with Gasteiger partial charge in [0.25, 0.3) is 0 Å². The van der Waals surface area contributed by atoms with E-state index in [9.17, 15) is 29.3 Å². The van der Waals surface area contributed by atoms with Crippen LogP contribution in [0.3, 0.4) is 0 Å². The maximum absolute atomic E-state index is 13.5. The molecule has 142 valence electrons. The molecule has 1 aliphatic rings. The van der Waals surface area contributed by atoms with Gasteiger partial charge in [-0.2, -0.15) is 0 Å². The van der Waals surface area contributed by atoms with Gasteiger partial charge in [0.15, 0.2) is 0 Å². The summed E-state index contributed by atoms with van der Waals surface area (Å²) in [5.74, 6) is -2.73. The van der Waals surface area contributed by atoms with Crippen molar-refractivity contribution in [3.8, 4) is 0 Å². The molecule has 27 heavy (non-hydrogen) atoms. The number of aromatic carboxylic acids is 1. The Bertz CT molecular complexity index is 875. The second-order valence-corrected chi connectivity index (χ2v) is 6.67. The number of aromatic nitrogens is 1. The molecule has 2 aromatic rings. The zero-order valence-electron chi connectivity index (χ0n) is 14.4. The lowest BCUT2D eigenvalue weighted by Crippen LogP contribution is -2.57. The van der Waals surface area contributed by atoms with Crippen molar-refractivity contribution < 1.29 is 29.3 Å². The third-order valence-corrected chi connectivity index (χ3v) is 4.93. The predicted molar refractivity (Wildman–Crippen MR) is 94.2 cm³/mol. The van der Waals surface area contributed by atoms with Gasteiger partial charge >= 0.3 is 11.9 Å². The number of anilines is 1. The van der Waals surface area contributed by atoms with Crippen molar-refractivity contribution >= 4 is 17.8 Å². The maximum Gasteiger partial charge on any atom is 0.339 e. The molecule has 2 atom stereocenters. The Morgan fingerprint density at radius 1 is 1.26 bits per heavy atom. The average molecular weight is 374 g/mol. The van der Waals surface area contributed by atoms with E-state index in [1.54, 1.807) is 11.0 Å². The van der Waals surface area contributed by atoms with Crippen LogP contribution >= 0.6 is 0 Å². The van der Waals surface area contributed by atoms with Gasteiger partial charge in [-0.05, 0) is 42.7 Å². The molecule has 0 saturated carbocycles. The molecule has 1 aliphatic heterocycles. The Morgan fingerprint density at radius 2 is 2.04 bits per heavy atom. The third-order valence-electron chi connectivity index (χ3n) is 4.93. The fourth-order valence-electron chi connectivity index (χ4n) is 3.55. The highest BCUT2D eigenvalue weighted by molar-refractivity contribution is 5.93. The number of carboxylic acid groups (broad SMARTS) is 2. The molecule has 2 heterocycles. The second kappa shape index (κ2) is 7.32. The van der Waals surface area contributed by atoms with E-state index in [1.807, 2.05) is 0 Å². The molecule has 0 unspecified atom stereocenters.